The average Bonchev–Trinajstić information content (AvgIpc) is 3.42. The van der Waals surface area contributed by atoms with Crippen molar-refractivity contribution in [3.05, 3.63) is 54.9 Å². The molecule has 0 amide bonds. The number of benzene rings is 1. The van der Waals surface area contributed by atoms with Crippen LogP contribution in [-0.2, 0) is 6.54 Å². The Morgan fingerprint density at radius 1 is 1.11 bits per heavy atom. The van der Waals surface area contributed by atoms with Crippen LogP contribution in [0.25, 0.3) is 11.5 Å². The molecule has 0 radical (unpaired) electrons. The van der Waals surface area contributed by atoms with Crippen molar-refractivity contribution in [3.63, 3.8) is 0 Å². The van der Waals surface area contributed by atoms with E-state index in [2.05, 4.69) is 20.0 Å². The van der Waals surface area contributed by atoms with Gasteiger partial charge in [0.15, 0.2) is 0 Å². The van der Waals surface area contributed by atoms with Crippen LogP contribution < -0.4 is 0 Å². The lowest BCUT2D eigenvalue weighted by molar-refractivity contribution is 0.0304. The number of aromatic nitrogens is 4. The number of nitrogens with zero attached hydrogens (tertiary/aromatic N) is 5. The second-order valence-corrected chi connectivity index (χ2v) is 7.71. The highest BCUT2D eigenvalue weighted by Gasteiger charge is 2.42. The number of likely N-dealkylation sites (tertiary alicyclic amines) is 1. The van der Waals surface area contributed by atoms with Crippen LogP contribution in [0.5, 0.6) is 0 Å². The van der Waals surface area contributed by atoms with Crippen LogP contribution in [-0.4, -0.2) is 48.9 Å². The van der Waals surface area contributed by atoms with E-state index in [1.54, 1.807) is 12.6 Å². The SMILES string of the molecule is O[C@@H]1C[C@H]2CN(Cc3coc(-c4ccccc4)n3)C[C@H]2C[C@H]1n1cncn1. The maximum absolute atomic E-state index is 10.6. The van der Waals surface area contributed by atoms with Gasteiger partial charge in [-0.2, -0.15) is 5.10 Å². The maximum atomic E-state index is 10.6. The van der Waals surface area contributed by atoms with Gasteiger partial charge in [-0.1, -0.05) is 18.2 Å². The molecule has 1 aromatic carbocycles. The summed E-state index contributed by atoms with van der Waals surface area (Å²) in [5.74, 6) is 1.77. The van der Waals surface area contributed by atoms with Crippen molar-refractivity contribution >= 4 is 0 Å². The number of aliphatic hydroxyl groups excluding tert-OH is 1. The molecule has 1 N–H and O–H groups in total. The average molecular weight is 365 g/mol. The van der Waals surface area contributed by atoms with Crippen molar-refractivity contribution in [3.8, 4) is 11.5 Å². The zero-order valence-electron chi connectivity index (χ0n) is 15.1. The highest BCUT2D eigenvalue weighted by atomic mass is 16.3. The van der Waals surface area contributed by atoms with E-state index < -0.39 is 0 Å². The molecule has 3 aromatic rings. The lowest BCUT2D eigenvalue weighted by atomic mass is 9.77. The Labute approximate surface area is 157 Å². The Kier molecular flexibility index (Phi) is 4.26. The zero-order valence-corrected chi connectivity index (χ0v) is 15.1. The first-order valence-electron chi connectivity index (χ1n) is 9.50. The molecule has 0 bridgehead atoms. The molecule has 7 heteroatoms. The monoisotopic (exact) mass is 365 g/mol. The molecule has 3 heterocycles. The number of aliphatic hydroxyl groups is 1. The minimum atomic E-state index is -0.357. The second kappa shape index (κ2) is 6.90. The number of fused-ring (bicyclic) bond motifs is 1. The molecule has 7 nitrogen and oxygen atoms in total. The summed E-state index contributed by atoms with van der Waals surface area (Å²) in [5.41, 5.74) is 1.96. The van der Waals surface area contributed by atoms with Crippen molar-refractivity contribution in [1.29, 1.82) is 0 Å². The maximum Gasteiger partial charge on any atom is 0.226 e. The van der Waals surface area contributed by atoms with Gasteiger partial charge in [-0.05, 0) is 36.8 Å². The highest BCUT2D eigenvalue weighted by molar-refractivity contribution is 5.52. The zero-order chi connectivity index (χ0) is 18.2. The predicted octanol–water partition coefficient (Wildman–Crippen LogP) is 2.38. The van der Waals surface area contributed by atoms with Crippen molar-refractivity contribution in [2.75, 3.05) is 13.1 Å². The van der Waals surface area contributed by atoms with Gasteiger partial charge in [0.05, 0.1) is 17.8 Å². The smallest absolute Gasteiger partial charge is 0.226 e. The summed E-state index contributed by atoms with van der Waals surface area (Å²) in [6.07, 6.45) is 6.41. The molecule has 1 aliphatic heterocycles. The van der Waals surface area contributed by atoms with Gasteiger partial charge >= 0.3 is 0 Å². The van der Waals surface area contributed by atoms with E-state index in [0.717, 1.165) is 43.7 Å². The van der Waals surface area contributed by atoms with Crippen molar-refractivity contribution in [1.82, 2.24) is 24.6 Å². The fourth-order valence-electron chi connectivity index (χ4n) is 4.63. The highest BCUT2D eigenvalue weighted by Crippen LogP contribution is 2.41. The van der Waals surface area contributed by atoms with E-state index in [-0.39, 0.29) is 12.1 Å². The van der Waals surface area contributed by atoms with Crippen LogP contribution in [0.2, 0.25) is 0 Å². The first-order chi connectivity index (χ1) is 13.3. The Bertz CT molecular complexity index is 879. The van der Waals surface area contributed by atoms with E-state index in [0.29, 0.717) is 17.7 Å². The topological polar surface area (TPSA) is 80.2 Å². The van der Waals surface area contributed by atoms with E-state index in [9.17, 15) is 5.11 Å². The molecule has 2 aliphatic rings. The molecule has 1 aliphatic carbocycles. The Balaban J connectivity index is 1.25. The summed E-state index contributed by atoms with van der Waals surface area (Å²) >= 11 is 0. The van der Waals surface area contributed by atoms with Crippen LogP contribution in [0.4, 0.5) is 0 Å². The summed E-state index contributed by atoms with van der Waals surface area (Å²) in [7, 11) is 0. The third-order valence-electron chi connectivity index (χ3n) is 5.92. The normalized spacial score (nSPS) is 28.3. The minimum absolute atomic E-state index is 0.0328. The first-order valence-corrected chi connectivity index (χ1v) is 9.50. The van der Waals surface area contributed by atoms with Gasteiger partial charge in [0.25, 0.3) is 0 Å². The van der Waals surface area contributed by atoms with Gasteiger partial charge in [0.1, 0.15) is 18.9 Å². The van der Waals surface area contributed by atoms with Gasteiger partial charge in [-0.15, -0.1) is 0 Å². The van der Waals surface area contributed by atoms with Crippen LogP contribution in [0, 0.1) is 11.8 Å². The Morgan fingerprint density at radius 3 is 2.70 bits per heavy atom. The van der Waals surface area contributed by atoms with Gasteiger partial charge in [-0.25, -0.2) is 14.6 Å². The third-order valence-corrected chi connectivity index (χ3v) is 5.92. The summed E-state index contributed by atoms with van der Waals surface area (Å²) in [5, 5.41) is 14.8. The third kappa shape index (κ3) is 3.28. The largest absolute Gasteiger partial charge is 0.444 e. The van der Waals surface area contributed by atoms with E-state index in [1.807, 2.05) is 35.0 Å². The van der Waals surface area contributed by atoms with Crippen molar-refractivity contribution in [2.24, 2.45) is 11.8 Å². The Morgan fingerprint density at radius 2 is 1.93 bits per heavy atom. The molecular weight excluding hydrogens is 342 g/mol. The number of rotatable bonds is 4. The standard InChI is InChI=1S/C20H23N5O2/c26-19-7-16-9-24(8-15(16)6-18(19)25-13-21-12-22-25)10-17-11-27-20(23-17)14-4-2-1-3-5-14/h1-5,11-13,15-16,18-19,26H,6-10H2/t15-,16+,18-,19-/m1/s1. The molecule has 5 rings (SSSR count). The lowest BCUT2D eigenvalue weighted by Crippen LogP contribution is -2.36. The van der Waals surface area contributed by atoms with Crippen LogP contribution in [0.3, 0.4) is 0 Å². The molecular formula is C20H23N5O2. The predicted molar refractivity (Wildman–Crippen MR) is 98.5 cm³/mol. The van der Waals surface area contributed by atoms with Gasteiger partial charge < -0.3 is 9.52 Å². The summed E-state index contributed by atoms with van der Waals surface area (Å²) in [6, 6.07) is 10.0. The number of hydrogen-bond donors (Lipinski definition) is 1. The molecule has 1 saturated carbocycles. The second-order valence-electron chi connectivity index (χ2n) is 7.71. The summed E-state index contributed by atoms with van der Waals surface area (Å²) < 4.78 is 7.48. The molecule has 2 aromatic heterocycles. The fraction of sp³-hybridized carbons (Fsp3) is 0.450. The van der Waals surface area contributed by atoms with Crippen LogP contribution in [0.15, 0.2) is 53.7 Å². The molecule has 4 atom stereocenters. The molecule has 0 spiro atoms. The quantitative estimate of drug-likeness (QED) is 0.765. The fourth-order valence-corrected chi connectivity index (χ4v) is 4.63. The van der Waals surface area contributed by atoms with E-state index in [1.165, 1.54) is 6.33 Å². The molecule has 0 unspecified atom stereocenters. The van der Waals surface area contributed by atoms with Gasteiger partial charge in [0, 0.05) is 25.2 Å². The number of hydrogen-bond acceptors (Lipinski definition) is 6. The lowest BCUT2D eigenvalue weighted by Gasteiger charge is -2.35. The van der Waals surface area contributed by atoms with E-state index in [4.69, 9.17) is 4.42 Å². The molecule has 27 heavy (non-hydrogen) atoms. The summed E-state index contributed by atoms with van der Waals surface area (Å²) in [6.45, 7) is 2.81. The van der Waals surface area contributed by atoms with Crippen molar-refractivity contribution in [2.45, 2.75) is 31.5 Å². The molecule has 140 valence electrons. The van der Waals surface area contributed by atoms with Crippen LogP contribution >= 0.6 is 0 Å². The summed E-state index contributed by atoms with van der Waals surface area (Å²) in [4.78, 5) is 11.1. The van der Waals surface area contributed by atoms with E-state index >= 15 is 0 Å². The first kappa shape index (κ1) is 16.6. The molecule has 2 fully saturated rings. The molecule has 1 saturated heterocycles. The van der Waals surface area contributed by atoms with Gasteiger partial charge in [0.2, 0.25) is 5.89 Å². The minimum Gasteiger partial charge on any atom is -0.444 e. The Hall–Kier alpha value is -2.51. The van der Waals surface area contributed by atoms with Gasteiger partial charge in [-0.3, -0.25) is 4.90 Å². The van der Waals surface area contributed by atoms with Crippen molar-refractivity contribution < 1.29 is 9.52 Å². The van der Waals surface area contributed by atoms with Crippen LogP contribution in [0.1, 0.15) is 24.6 Å². The number of oxazole rings is 1.